The van der Waals surface area contributed by atoms with Crippen molar-refractivity contribution < 1.29 is 17.6 Å². The van der Waals surface area contributed by atoms with Gasteiger partial charge in [-0.2, -0.15) is 12.7 Å². The Morgan fingerprint density at radius 1 is 1.08 bits per heavy atom. The van der Waals surface area contributed by atoms with E-state index in [0.717, 1.165) is 25.8 Å². The van der Waals surface area contributed by atoms with Gasteiger partial charge in [-0.1, -0.05) is 42.0 Å². The van der Waals surface area contributed by atoms with Crippen LogP contribution in [-0.4, -0.2) is 39.3 Å². The van der Waals surface area contributed by atoms with E-state index in [-0.39, 0.29) is 12.2 Å². The topological polar surface area (TPSA) is 69.7 Å². The summed E-state index contributed by atoms with van der Waals surface area (Å²) >= 11 is 0. The summed E-state index contributed by atoms with van der Waals surface area (Å²) in [6.07, 6.45) is 0. The quantitative estimate of drug-likeness (QED) is 0.801. The highest BCUT2D eigenvalue weighted by atomic mass is 32.2. The Kier molecular flexibility index (Phi) is 6.33. The summed E-state index contributed by atoms with van der Waals surface area (Å²) in [5.74, 6) is -1.25. The van der Waals surface area contributed by atoms with Crippen molar-refractivity contribution in [2.75, 3.05) is 24.9 Å². The molecule has 0 aromatic heterocycles. The lowest BCUT2D eigenvalue weighted by atomic mass is 10.1. The van der Waals surface area contributed by atoms with Crippen LogP contribution in [0.1, 0.15) is 11.1 Å². The lowest BCUT2D eigenvalue weighted by Crippen LogP contribution is -2.46. The molecule has 2 aromatic rings. The zero-order valence-corrected chi connectivity index (χ0v) is 15.8. The zero-order chi connectivity index (χ0) is 19.3. The molecule has 0 fully saturated rings. The monoisotopic (exact) mass is 379 g/mol. The maximum Gasteiger partial charge on any atom is 0.304 e. The predicted octanol–water partition coefficient (Wildman–Crippen LogP) is 2.06. The summed E-state index contributed by atoms with van der Waals surface area (Å²) in [5.41, 5.74) is 1.81. The van der Waals surface area contributed by atoms with E-state index in [9.17, 15) is 17.6 Å². The summed E-state index contributed by atoms with van der Waals surface area (Å²) in [7, 11) is -1.38. The molecule has 0 radical (unpaired) electrons. The van der Waals surface area contributed by atoms with Crippen molar-refractivity contribution in [2.24, 2.45) is 0 Å². The van der Waals surface area contributed by atoms with Crippen molar-refractivity contribution in [2.45, 2.75) is 13.5 Å². The first-order valence-corrected chi connectivity index (χ1v) is 9.38. The second kappa shape index (κ2) is 8.29. The third kappa shape index (κ3) is 4.80. The molecule has 0 saturated carbocycles. The van der Waals surface area contributed by atoms with E-state index in [4.69, 9.17) is 0 Å². The number of carbonyl (C=O) groups excluding carboxylic acids is 1. The third-order valence-corrected chi connectivity index (χ3v) is 5.56. The molecule has 0 bridgehead atoms. The Bertz CT molecular complexity index is 868. The molecular weight excluding hydrogens is 357 g/mol. The number of benzene rings is 2. The highest BCUT2D eigenvalue weighted by Crippen LogP contribution is 2.22. The Morgan fingerprint density at radius 2 is 1.69 bits per heavy atom. The van der Waals surface area contributed by atoms with E-state index in [1.54, 1.807) is 0 Å². The minimum atomic E-state index is -4.03. The highest BCUT2D eigenvalue weighted by molar-refractivity contribution is 7.90. The number of anilines is 1. The van der Waals surface area contributed by atoms with E-state index in [1.165, 1.54) is 32.3 Å². The fraction of sp³-hybridized carbons (Fsp3) is 0.278. The first-order chi connectivity index (χ1) is 12.2. The molecule has 2 aromatic carbocycles. The van der Waals surface area contributed by atoms with Crippen LogP contribution < -0.4 is 9.62 Å². The van der Waals surface area contributed by atoms with Crippen molar-refractivity contribution >= 4 is 21.8 Å². The molecule has 0 aliphatic rings. The number of hydrogen-bond donors (Lipinski definition) is 1. The van der Waals surface area contributed by atoms with Crippen LogP contribution in [0.3, 0.4) is 0 Å². The lowest BCUT2D eigenvalue weighted by molar-refractivity contribution is -0.119. The average molecular weight is 379 g/mol. The van der Waals surface area contributed by atoms with Gasteiger partial charge in [-0.05, 0) is 24.6 Å². The maximum atomic E-state index is 14.1. The number of halogens is 1. The van der Waals surface area contributed by atoms with Crippen molar-refractivity contribution in [3.8, 4) is 0 Å². The van der Waals surface area contributed by atoms with Gasteiger partial charge in [0.1, 0.15) is 12.4 Å². The molecule has 0 spiro atoms. The van der Waals surface area contributed by atoms with Crippen LogP contribution >= 0.6 is 0 Å². The molecule has 2 rings (SSSR count). The average Bonchev–Trinajstić information content (AvgIpc) is 2.59. The van der Waals surface area contributed by atoms with Gasteiger partial charge in [-0.15, -0.1) is 0 Å². The van der Waals surface area contributed by atoms with E-state index < -0.39 is 28.5 Å². The number of rotatable bonds is 7. The largest absolute Gasteiger partial charge is 0.350 e. The van der Waals surface area contributed by atoms with Gasteiger partial charge in [-0.25, -0.2) is 8.70 Å². The highest BCUT2D eigenvalue weighted by Gasteiger charge is 2.29. The molecule has 8 heteroatoms. The van der Waals surface area contributed by atoms with E-state index in [0.29, 0.717) is 0 Å². The molecule has 6 nitrogen and oxygen atoms in total. The first kappa shape index (κ1) is 19.9. The molecule has 0 saturated heterocycles. The molecule has 1 N–H and O–H groups in total. The zero-order valence-electron chi connectivity index (χ0n) is 14.9. The van der Waals surface area contributed by atoms with Crippen molar-refractivity contribution in [1.29, 1.82) is 0 Å². The molecule has 0 heterocycles. The van der Waals surface area contributed by atoms with Gasteiger partial charge < -0.3 is 5.32 Å². The fourth-order valence-electron chi connectivity index (χ4n) is 2.24. The minimum Gasteiger partial charge on any atom is -0.350 e. The Balaban J connectivity index is 2.17. The molecular formula is C18H22FN3O3S. The third-order valence-electron chi connectivity index (χ3n) is 3.76. The van der Waals surface area contributed by atoms with Gasteiger partial charge in [0.25, 0.3) is 0 Å². The molecule has 0 unspecified atom stereocenters. The van der Waals surface area contributed by atoms with Crippen LogP contribution in [0.5, 0.6) is 0 Å². The van der Waals surface area contributed by atoms with Gasteiger partial charge in [0.05, 0.1) is 5.69 Å². The summed E-state index contributed by atoms with van der Waals surface area (Å²) in [4.78, 5) is 12.3. The standard InChI is InChI=1S/C18H22FN3O3S/c1-14-8-10-15(11-9-14)12-20-18(23)13-22(26(24,25)21(2)3)17-7-5-4-6-16(17)19/h4-11H,12-13H2,1-3H3,(H,20,23). The first-order valence-electron chi connectivity index (χ1n) is 7.99. The number of para-hydroxylation sites is 1. The number of amides is 1. The van der Waals surface area contributed by atoms with Crippen LogP contribution in [0.4, 0.5) is 10.1 Å². The normalized spacial score (nSPS) is 11.4. The van der Waals surface area contributed by atoms with E-state index >= 15 is 0 Å². The number of aryl methyl sites for hydroxylation is 1. The summed E-state index contributed by atoms with van der Waals surface area (Å²) < 4.78 is 40.9. The second-order valence-electron chi connectivity index (χ2n) is 6.01. The maximum absolute atomic E-state index is 14.1. The van der Waals surface area contributed by atoms with Crippen LogP contribution in [0.2, 0.25) is 0 Å². The lowest BCUT2D eigenvalue weighted by Gasteiger charge is -2.27. The number of hydrogen-bond acceptors (Lipinski definition) is 3. The fourth-order valence-corrected chi connectivity index (χ4v) is 3.31. The van der Waals surface area contributed by atoms with Crippen LogP contribution in [-0.2, 0) is 21.5 Å². The van der Waals surface area contributed by atoms with Crippen molar-refractivity contribution in [3.05, 3.63) is 65.5 Å². The number of carbonyl (C=O) groups is 1. The second-order valence-corrected chi connectivity index (χ2v) is 8.08. The summed E-state index contributed by atoms with van der Waals surface area (Å²) in [5, 5.41) is 2.66. The number of nitrogens with zero attached hydrogens (tertiary/aromatic N) is 2. The van der Waals surface area contributed by atoms with E-state index in [2.05, 4.69) is 5.32 Å². The van der Waals surface area contributed by atoms with Crippen molar-refractivity contribution in [3.63, 3.8) is 0 Å². The molecule has 140 valence electrons. The van der Waals surface area contributed by atoms with Crippen LogP contribution in [0, 0.1) is 12.7 Å². The number of nitrogens with one attached hydrogen (secondary N) is 1. The van der Waals surface area contributed by atoms with Crippen LogP contribution in [0.15, 0.2) is 48.5 Å². The summed E-state index contributed by atoms with van der Waals surface area (Å²) in [6.45, 7) is 1.69. The Labute approximate surface area is 153 Å². The van der Waals surface area contributed by atoms with Crippen molar-refractivity contribution in [1.82, 2.24) is 9.62 Å². The molecule has 0 aliphatic carbocycles. The molecule has 0 atom stereocenters. The summed E-state index contributed by atoms with van der Waals surface area (Å²) in [6, 6.07) is 13.0. The van der Waals surface area contributed by atoms with Gasteiger partial charge in [0, 0.05) is 20.6 Å². The van der Waals surface area contributed by atoms with Gasteiger partial charge in [-0.3, -0.25) is 4.79 Å². The molecule has 1 amide bonds. The van der Waals surface area contributed by atoms with E-state index in [1.807, 2.05) is 31.2 Å². The van der Waals surface area contributed by atoms with Gasteiger partial charge >= 0.3 is 10.2 Å². The molecule has 0 aliphatic heterocycles. The predicted molar refractivity (Wildman–Crippen MR) is 99.4 cm³/mol. The van der Waals surface area contributed by atoms with Crippen LogP contribution in [0.25, 0.3) is 0 Å². The Hall–Kier alpha value is -2.45. The Morgan fingerprint density at radius 3 is 2.27 bits per heavy atom. The minimum absolute atomic E-state index is 0.174. The van der Waals surface area contributed by atoms with Gasteiger partial charge in [0.15, 0.2) is 0 Å². The smallest absolute Gasteiger partial charge is 0.304 e. The SMILES string of the molecule is Cc1ccc(CNC(=O)CN(c2ccccc2F)S(=O)(=O)N(C)C)cc1. The molecule has 26 heavy (non-hydrogen) atoms. The van der Waals surface area contributed by atoms with Gasteiger partial charge in [0.2, 0.25) is 5.91 Å².